The molecule has 0 amide bonds. The molecule has 1 atom stereocenters. The number of hydrogen-bond acceptors (Lipinski definition) is 3. The first-order chi connectivity index (χ1) is 6.86. The Morgan fingerprint density at radius 2 is 2.13 bits per heavy atom. The van der Waals surface area contributed by atoms with E-state index in [9.17, 15) is 13.2 Å². The number of rotatable bonds is 2. The summed E-state index contributed by atoms with van der Waals surface area (Å²) >= 11 is 5.56. The van der Waals surface area contributed by atoms with Gasteiger partial charge in [-0.25, -0.2) is 4.98 Å². The summed E-state index contributed by atoms with van der Waals surface area (Å²) in [5.41, 5.74) is 4.75. The highest BCUT2D eigenvalue weighted by Crippen LogP contribution is 2.34. The second-order valence-corrected chi connectivity index (χ2v) is 3.17. The molecule has 0 bridgehead atoms. The second kappa shape index (κ2) is 4.24. The van der Waals surface area contributed by atoms with Crippen LogP contribution < -0.4 is 10.5 Å². The molecular weight excluding hydrogens is 233 g/mol. The molecule has 2 N–H and O–H groups in total. The van der Waals surface area contributed by atoms with Gasteiger partial charge in [0.15, 0.2) is 0 Å². The number of nitrogens with two attached hydrogens (primary N) is 1. The van der Waals surface area contributed by atoms with E-state index in [0.29, 0.717) is 0 Å². The van der Waals surface area contributed by atoms with Crippen LogP contribution in [0.4, 0.5) is 13.2 Å². The first-order valence-electron chi connectivity index (χ1n) is 3.88. The van der Waals surface area contributed by atoms with Crippen molar-refractivity contribution in [2.75, 3.05) is 7.11 Å². The number of hydrogen-bond donors (Lipinski definition) is 1. The predicted molar refractivity (Wildman–Crippen MR) is 48.8 cm³/mol. The topological polar surface area (TPSA) is 48.1 Å². The molecule has 84 valence electrons. The molecule has 1 unspecified atom stereocenters. The van der Waals surface area contributed by atoms with Gasteiger partial charge in [-0.15, -0.1) is 0 Å². The lowest BCUT2D eigenvalue weighted by atomic mass is 10.1. The third kappa shape index (κ3) is 2.73. The van der Waals surface area contributed by atoms with Gasteiger partial charge < -0.3 is 10.5 Å². The Labute approximate surface area is 89.0 Å². The average molecular weight is 241 g/mol. The summed E-state index contributed by atoms with van der Waals surface area (Å²) in [7, 11) is 1.29. The van der Waals surface area contributed by atoms with Gasteiger partial charge in [-0.1, -0.05) is 11.6 Å². The minimum absolute atomic E-state index is 0.0362. The van der Waals surface area contributed by atoms with Crippen molar-refractivity contribution >= 4 is 11.6 Å². The maximum absolute atomic E-state index is 12.3. The zero-order valence-corrected chi connectivity index (χ0v) is 8.43. The number of ether oxygens (including phenoxy) is 1. The van der Waals surface area contributed by atoms with E-state index in [1.54, 1.807) is 0 Å². The number of halogens is 4. The second-order valence-electron chi connectivity index (χ2n) is 2.77. The maximum Gasteiger partial charge on any atom is 0.407 e. The minimum atomic E-state index is -4.55. The van der Waals surface area contributed by atoms with Gasteiger partial charge in [-0.2, -0.15) is 13.2 Å². The smallest absolute Gasteiger partial charge is 0.407 e. The summed E-state index contributed by atoms with van der Waals surface area (Å²) in [4.78, 5) is 3.64. The van der Waals surface area contributed by atoms with E-state index in [4.69, 9.17) is 17.3 Å². The summed E-state index contributed by atoms with van der Waals surface area (Å²) in [6.45, 7) is 0. The Kier molecular flexibility index (Phi) is 3.41. The normalized spacial score (nSPS) is 13.7. The Morgan fingerprint density at radius 3 is 2.60 bits per heavy atom. The van der Waals surface area contributed by atoms with Gasteiger partial charge in [-0.3, -0.25) is 0 Å². The van der Waals surface area contributed by atoms with Crippen molar-refractivity contribution < 1.29 is 17.9 Å². The lowest BCUT2D eigenvalue weighted by Crippen LogP contribution is -2.28. The van der Waals surface area contributed by atoms with Crippen molar-refractivity contribution in [3.05, 3.63) is 22.8 Å². The van der Waals surface area contributed by atoms with E-state index in [-0.39, 0.29) is 16.5 Å². The van der Waals surface area contributed by atoms with Gasteiger partial charge >= 0.3 is 6.18 Å². The summed E-state index contributed by atoms with van der Waals surface area (Å²) in [6, 6.07) is -1.07. The van der Waals surface area contributed by atoms with E-state index in [2.05, 4.69) is 9.72 Å². The van der Waals surface area contributed by atoms with Crippen LogP contribution >= 0.6 is 11.6 Å². The first kappa shape index (κ1) is 12.1. The van der Waals surface area contributed by atoms with Crippen molar-refractivity contribution in [1.29, 1.82) is 0 Å². The molecule has 0 saturated carbocycles. The fourth-order valence-electron chi connectivity index (χ4n) is 0.960. The molecular formula is C8H8ClF3N2O. The highest BCUT2D eigenvalue weighted by molar-refractivity contribution is 6.31. The van der Waals surface area contributed by atoms with E-state index in [1.165, 1.54) is 7.11 Å². The van der Waals surface area contributed by atoms with Crippen LogP contribution in [0.1, 0.15) is 11.6 Å². The van der Waals surface area contributed by atoms with Crippen molar-refractivity contribution in [3.63, 3.8) is 0 Å². The molecule has 0 radical (unpaired) electrons. The van der Waals surface area contributed by atoms with Crippen LogP contribution in [0.25, 0.3) is 0 Å². The molecule has 0 aliphatic carbocycles. The van der Waals surface area contributed by atoms with Gasteiger partial charge in [0.2, 0.25) is 5.88 Å². The molecule has 1 aromatic heterocycles. The Hall–Kier alpha value is -1.01. The monoisotopic (exact) mass is 240 g/mol. The van der Waals surface area contributed by atoms with Crippen LogP contribution in [0.2, 0.25) is 5.02 Å². The molecule has 1 heterocycles. The minimum Gasteiger partial charge on any atom is -0.481 e. The predicted octanol–water partition coefficient (Wildman–Crippen LogP) is 2.31. The highest BCUT2D eigenvalue weighted by Gasteiger charge is 2.39. The Bertz CT molecular complexity index is 356. The third-order valence-electron chi connectivity index (χ3n) is 1.76. The van der Waals surface area contributed by atoms with Gasteiger partial charge in [0.1, 0.15) is 6.04 Å². The highest BCUT2D eigenvalue weighted by atomic mass is 35.5. The average Bonchev–Trinajstić information content (AvgIpc) is 2.16. The van der Waals surface area contributed by atoms with Gasteiger partial charge in [-0.05, 0) is 0 Å². The van der Waals surface area contributed by atoms with E-state index in [1.807, 2.05) is 0 Å². The Morgan fingerprint density at radius 1 is 1.53 bits per heavy atom. The lowest BCUT2D eigenvalue weighted by Gasteiger charge is -2.17. The van der Waals surface area contributed by atoms with Gasteiger partial charge in [0.05, 0.1) is 12.1 Å². The van der Waals surface area contributed by atoms with Crippen LogP contribution in [0.3, 0.4) is 0 Å². The van der Waals surface area contributed by atoms with Crippen LogP contribution in [0.15, 0.2) is 12.3 Å². The summed E-state index contributed by atoms with van der Waals surface area (Å²) in [6.07, 6.45) is -3.47. The van der Waals surface area contributed by atoms with Crippen LogP contribution in [-0.2, 0) is 0 Å². The molecule has 7 heteroatoms. The van der Waals surface area contributed by atoms with E-state index >= 15 is 0 Å². The van der Waals surface area contributed by atoms with Crippen LogP contribution in [0, 0.1) is 0 Å². The van der Waals surface area contributed by atoms with Crippen molar-refractivity contribution in [2.45, 2.75) is 12.2 Å². The van der Waals surface area contributed by atoms with Crippen molar-refractivity contribution in [1.82, 2.24) is 4.98 Å². The van der Waals surface area contributed by atoms with Gasteiger partial charge in [0, 0.05) is 17.8 Å². The summed E-state index contributed by atoms with van der Waals surface area (Å²) in [5, 5.41) is -0.138. The van der Waals surface area contributed by atoms with Gasteiger partial charge in [0.25, 0.3) is 0 Å². The Balaban J connectivity index is 3.12. The fourth-order valence-corrected chi connectivity index (χ4v) is 1.18. The molecule has 0 spiro atoms. The fraction of sp³-hybridized carbons (Fsp3) is 0.375. The molecule has 1 rings (SSSR count). The largest absolute Gasteiger partial charge is 0.481 e. The quantitative estimate of drug-likeness (QED) is 0.863. The molecule has 1 aromatic rings. The molecule has 15 heavy (non-hydrogen) atoms. The number of alkyl halides is 3. The lowest BCUT2D eigenvalue weighted by molar-refractivity contribution is -0.149. The van der Waals surface area contributed by atoms with Crippen molar-refractivity contribution in [3.8, 4) is 5.88 Å². The zero-order valence-electron chi connectivity index (χ0n) is 7.68. The standard InChI is InChI=1S/C8H8ClF3N2O/c1-15-6-2-4(5(9)3-14-6)7(13)8(10,11)12/h2-3,7H,13H2,1H3. The number of nitrogens with zero attached hydrogens (tertiary/aromatic N) is 1. The number of pyridine rings is 1. The number of methoxy groups -OCH3 is 1. The third-order valence-corrected chi connectivity index (χ3v) is 2.07. The van der Waals surface area contributed by atoms with E-state index in [0.717, 1.165) is 12.3 Å². The molecule has 0 aliphatic rings. The van der Waals surface area contributed by atoms with Crippen LogP contribution in [-0.4, -0.2) is 18.3 Å². The molecule has 0 aromatic carbocycles. The van der Waals surface area contributed by atoms with E-state index < -0.39 is 12.2 Å². The first-order valence-corrected chi connectivity index (χ1v) is 4.25. The summed E-state index contributed by atoms with van der Waals surface area (Å²) in [5.74, 6) is 0.0362. The maximum atomic E-state index is 12.3. The molecule has 3 nitrogen and oxygen atoms in total. The van der Waals surface area contributed by atoms with Crippen molar-refractivity contribution in [2.24, 2.45) is 5.73 Å². The zero-order chi connectivity index (χ0) is 11.6. The molecule has 0 fully saturated rings. The molecule has 0 saturated heterocycles. The summed E-state index contributed by atoms with van der Waals surface area (Å²) < 4.78 is 41.6. The molecule has 0 aliphatic heterocycles. The number of aromatic nitrogens is 1. The SMILES string of the molecule is COc1cc(C(N)C(F)(F)F)c(Cl)cn1. The van der Waals surface area contributed by atoms with Crippen LogP contribution in [0.5, 0.6) is 5.88 Å².